The van der Waals surface area contributed by atoms with Crippen LogP contribution in [0.2, 0.25) is 0 Å². The Bertz CT molecular complexity index is 424. The van der Waals surface area contributed by atoms with Gasteiger partial charge < -0.3 is 9.73 Å². The van der Waals surface area contributed by atoms with Gasteiger partial charge in [-0.05, 0) is 40.7 Å². The fourth-order valence-electron chi connectivity index (χ4n) is 1.29. The molecule has 0 aliphatic heterocycles. The lowest BCUT2D eigenvalue weighted by Gasteiger charge is -2.00. The molecule has 13 heavy (non-hydrogen) atoms. The van der Waals surface area contributed by atoms with Gasteiger partial charge in [-0.15, -0.1) is 0 Å². The van der Waals surface area contributed by atoms with Gasteiger partial charge in [0.25, 0.3) is 0 Å². The van der Waals surface area contributed by atoms with Gasteiger partial charge in [0.2, 0.25) is 0 Å². The third-order valence-electron chi connectivity index (χ3n) is 1.83. The number of nitrogens with one attached hydrogen (secondary N) is 1. The van der Waals surface area contributed by atoms with Crippen LogP contribution in [0.4, 0.5) is 0 Å². The van der Waals surface area contributed by atoms with E-state index >= 15 is 0 Å². The Morgan fingerprint density at radius 1 is 1.54 bits per heavy atom. The quantitative estimate of drug-likeness (QED) is 0.876. The molecule has 0 fully saturated rings. The number of benzene rings is 1. The standard InChI is InChI=1S/C9H9BrN2O/c1-11-4-6-2-7(10)9-8(3-6)12-5-13-9/h2-3,5,11H,4H2,1H3. The number of fused-ring (bicyclic) bond motifs is 1. The highest BCUT2D eigenvalue weighted by molar-refractivity contribution is 9.10. The van der Waals surface area contributed by atoms with Crippen molar-refractivity contribution in [3.8, 4) is 0 Å². The van der Waals surface area contributed by atoms with Crippen molar-refractivity contribution in [2.75, 3.05) is 7.05 Å². The van der Waals surface area contributed by atoms with Crippen LogP contribution in [0.15, 0.2) is 27.4 Å². The minimum Gasteiger partial charge on any atom is -0.442 e. The first-order chi connectivity index (χ1) is 6.31. The summed E-state index contributed by atoms with van der Waals surface area (Å²) in [5, 5.41) is 3.09. The number of oxazole rings is 1. The zero-order chi connectivity index (χ0) is 9.26. The topological polar surface area (TPSA) is 38.1 Å². The third kappa shape index (κ3) is 1.59. The summed E-state index contributed by atoms with van der Waals surface area (Å²) >= 11 is 3.44. The lowest BCUT2D eigenvalue weighted by molar-refractivity contribution is 0.600. The Balaban J connectivity index is 2.56. The second-order valence-corrected chi connectivity index (χ2v) is 3.66. The monoisotopic (exact) mass is 240 g/mol. The third-order valence-corrected chi connectivity index (χ3v) is 2.42. The predicted molar refractivity (Wildman–Crippen MR) is 54.5 cm³/mol. The normalized spacial score (nSPS) is 10.9. The van der Waals surface area contributed by atoms with Crippen molar-refractivity contribution in [2.24, 2.45) is 0 Å². The molecule has 0 bridgehead atoms. The van der Waals surface area contributed by atoms with E-state index in [9.17, 15) is 0 Å². The average Bonchev–Trinajstić information content (AvgIpc) is 2.53. The molecule has 0 amide bonds. The molecule has 0 aliphatic carbocycles. The Morgan fingerprint density at radius 2 is 2.38 bits per heavy atom. The van der Waals surface area contributed by atoms with Crippen molar-refractivity contribution in [1.82, 2.24) is 10.3 Å². The predicted octanol–water partition coefficient (Wildman–Crippen LogP) is 2.31. The van der Waals surface area contributed by atoms with Gasteiger partial charge in [0.1, 0.15) is 5.52 Å². The Hall–Kier alpha value is -0.870. The molecule has 2 aromatic rings. The molecular weight excluding hydrogens is 232 g/mol. The van der Waals surface area contributed by atoms with Crippen LogP contribution in [-0.4, -0.2) is 12.0 Å². The van der Waals surface area contributed by atoms with Crippen LogP contribution in [0, 0.1) is 0 Å². The van der Waals surface area contributed by atoms with Crippen LogP contribution >= 0.6 is 15.9 Å². The molecule has 1 aromatic heterocycles. The molecule has 0 saturated carbocycles. The summed E-state index contributed by atoms with van der Waals surface area (Å²) in [5.41, 5.74) is 2.88. The molecule has 1 heterocycles. The van der Waals surface area contributed by atoms with Crippen molar-refractivity contribution >= 4 is 27.0 Å². The van der Waals surface area contributed by atoms with Crippen molar-refractivity contribution < 1.29 is 4.42 Å². The molecule has 4 heteroatoms. The summed E-state index contributed by atoms with van der Waals surface area (Å²) in [6.07, 6.45) is 1.46. The summed E-state index contributed by atoms with van der Waals surface area (Å²) in [6, 6.07) is 4.05. The highest BCUT2D eigenvalue weighted by Gasteiger charge is 2.04. The molecule has 0 spiro atoms. The second-order valence-electron chi connectivity index (χ2n) is 2.81. The molecule has 0 radical (unpaired) electrons. The lowest BCUT2D eigenvalue weighted by atomic mass is 10.2. The van der Waals surface area contributed by atoms with Gasteiger partial charge in [-0.3, -0.25) is 0 Å². The maximum atomic E-state index is 5.20. The van der Waals surface area contributed by atoms with Gasteiger partial charge in [-0.1, -0.05) is 0 Å². The Kier molecular flexibility index (Phi) is 2.33. The van der Waals surface area contributed by atoms with Gasteiger partial charge in [0.15, 0.2) is 12.0 Å². The van der Waals surface area contributed by atoms with E-state index in [-0.39, 0.29) is 0 Å². The van der Waals surface area contributed by atoms with E-state index in [2.05, 4.69) is 26.2 Å². The highest BCUT2D eigenvalue weighted by Crippen LogP contribution is 2.24. The van der Waals surface area contributed by atoms with E-state index < -0.39 is 0 Å². The fourth-order valence-corrected chi connectivity index (χ4v) is 1.88. The molecule has 0 saturated heterocycles. The molecule has 3 nitrogen and oxygen atoms in total. The first kappa shape index (κ1) is 8.72. The molecule has 0 unspecified atom stereocenters. The molecule has 1 aromatic carbocycles. The van der Waals surface area contributed by atoms with E-state index in [0.717, 1.165) is 22.1 Å². The Labute approximate surface area is 84.3 Å². The summed E-state index contributed by atoms with van der Waals surface area (Å²) in [6.45, 7) is 0.835. The average molecular weight is 241 g/mol. The van der Waals surface area contributed by atoms with Gasteiger partial charge in [0, 0.05) is 6.54 Å². The maximum Gasteiger partial charge on any atom is 0.182 e. The molecule has 2 rings (SSSR count). The van der Waals surface area contributed by atoms with Gasteiger partial charge >= 0.3 is 0 Å². The maximum absolute atomic E-state index is 5.20. The van der Waals surface area contributed by atoms with Crippen LogP contribution in [-0.2, 0) is 6.54 Å². The summed E-state index contributed by atoms with van der Waals surface area (Å²) in [4.78, 5) is 4.10. The van der Waals surface area contributed by atoms with Gasteiger partial charge in [-0.2, -0.15) is 0 Å². The van der Waals surface area contributed by atoms with Crippen LogP contribution in [0.3, 0.4) is 0 Å². The van der Waals surface area contributed by atoms with Gasteiger partial charge in [-0.25, -0.2) is 4.98 Å². The number of hydrogen-bond donors (Lipinski definition) is 1. The number of rotatable bonds is 2. The van der Waals surface area contributed by atoms with Crippen LogP contribution in [0.25, 0.3) is 11.1 Å². The highest BCUT2D eigenvalue weighted by atomic mass is 79.9. The van der Waals surface area contributed by atoms with Crippen molar-refractivity contribution in [3.05, 3.63) is 28.6 Å². The molecule has 0 atom stereocenters. The summed E-state index contributed by atoms with van der Waals surface area (Å²) < 4.78 is 6.16. The molecular formula is C9H9BrN2O. The summed E-state index contributed by atoms with van der Waals surface area (Å²) in [5.74, 6) is 0. The van der Waals surface area contributed by atoms with Crippen molar-refractivity contribution in [1.29, 1.82) is 0 Å². The number of aromatic nitrogens is 1. The number of nitrogens with zero attached hydrogens (tertiary/aromatic N) is 1. The second kappa shape index (κ2) is 3.47. The van der Waals surface area contributed by atoms with Crippen LogP contribution < -0.4 is 5.32 Å². The number of hydrogen-bond acceptors (Lipinski definition) is 3. The molecule has 68 valence electrons. The van der Waals surface area contributed by atoms with E-state index in [1.165, 1.54) is 12.0 Å². The van der Waals surface area contributed by atoms with E-state index in [0.29, 0.717) is 0 Å². The summed E-state index contributed by atoms with van der Waals surface area (Å²) in [7, 11) is 1.92. The SMILES string of the molecule is CNCc1cc(Br)c2ocnc2c1. The van der Waals surface area contributed by atoms with Crippen molar-refractivity contribution in [2.45, 2.75) is 6.54 Å². The number of halogens is 1. The van der Waals surface area contributed by atoms with Crippen LogP contribution in [0.5, 0.6) is 0 Å². The van der Waals surface area contributed by atoms with E-state index in [4.69, 9.17) is 4.42 Å². The fraction of sp³-hybridized carbons (Fsp3) is 0.222. The first-order valence-electron chi connectivity index (χ1n) is 3.97. The van der Waals surface area contributed by atoms with E-state index in [1.807, 2.05) is 19.2 Å². The lowest BCUT2D eigenvalue weighted by Crippen LogP contribution is -2.04. The largest absolute Gasteiger partial charge is 0.442 e. The van der Waals surface area contributed by atoms with Crippen LogP contribution in [0.1, 0.15) is 5.56 Å². The van der Waals surface area contributed by atoms with Crippen molar-refractivity contribution in [3.63, 3.8) is 0 Å². The smallest absolute Gasteiger partial charge is 0.182 e. The van der Waals surface area contributed by atoms with E-state index in [1.54, 1.807) is 0 Å². The Morgan fingerprint density at radius 3 is 3.15 bits per heavy atom. The zero-order valence-corrected chi connectivity index (χ0v) is 8.76. The molecule has 1 N–H and O–H groups in total. The van der Waals surface area contributed by atoms with Gasteiger partial charge in [0.05, 0.1) is 4.47 Å². The zero-order valence-electron chi connectivity index (χ0n) is 7.17. The minimum absolute atomic E-state index is 0.805. The first-order valence-corrected chi connectivity index (χ1v) is 4.77. The molecule has 0 aliphatic rings. The minimum atomic E-state index is 0.805.